The second-order valence-electron chi connectivity index (χ2n) is 4.05. The second-order valence-corrected chi connectivity index (χ2v) is 5.91. The lowest BCUT2D eigenvalue weighted by molar-refractivity contribution is -0.119. The summed E-state index contributed by atoms with van der Waals surface area (Å²) in [6.07, 6.45) is 0.839. The van der Waals surface area contributed by atoms with Crippen LogP contribution in [0.4, 0.5) is 5.69 Å². The Kier molecular flexibility index (Phi) is 5.62. The van der Waals surface area contributed by atoms with Gasteiger partial charge in [-0.05, 0) is 31.5 Å². The van der Waals surface area contributed by atoms with Gasteiger partial charge in [0.15, 0.2) is 0 Å². The molecule has 18 heavy (non-hydrogen) atoms. The summed E-state index contributed by atoms with van der Waals surface area (Å²) in [5, 5.41) is 3.12. The summed E-state index contributed by atoms with van der Waals surface area (Å²) in [5.74, 6) is -0.291. The van der Waals surface area contributed by atoms with Gasteiger partial charge < -0.3 is 11.1 Å². The molecule has 0 aromatic heterocycles. The SMILES string of the molecule is CCC(C)NC(=O)CS(=O)c1ccc(N)c(Cl)c1. The first-order valence-electron chi connectivity index (χ1n) is 5.66. The summed E-state index contributed by atoms with van der Waals surface area (Å²) in [6, 6.07) is 4.82. The lowest BCUT2D eigenvalue weighted by Crippen LogP contribution is -2.35. The third-order valence-corrected chi connectivity index (χ3v) is 4.15. The maximum atomic E-state index is 11.9. The van der Waals surface area contributed by atoms with Crippen LogP contribution in [0.3, 0.4) is 0 Å². The quantitative estimate of drug-likeness (QED) is 0.814. The summed E-state index contributed by atoms with van der Waals surface area (Å²) >= 11 is 5.84. The zero-order chi connectivity index (χ0) is 13.7. The highest BCUT2D eigenvalue weighted by atomic mass is 35.5. The topological polar surface area (TPSA) is 72.2 Å². The minimum absolute atomic E-state index is 0.0649. The van der Waals surface area contributed by atoms with Crippen molar-refractivity contribution in [1.29, 1.82) is 0 Å². The molecule has 0 aliphatic heterocycles. The number of anilines is 1. The molecular formula is C12H17ClN2O2S. The van der Waals surface area contributed by atoms with E-state index in [1.165, 1.54) is 6.07 Å². The predicted molar refractivity (Wildman–Crippen MR) is 75.0 cm³/mol. The van der Waals surface area contributed by atoms with Crippen molar-refractivity contribution < 1.29 is 9.00 Å². The number of hydrogen-bond acceptors (Lipinski definition) is 3. The highest BCUT2D eigenvalue weighted by molar-refractivity contribution is 7.85. The number of hydrogen-bond donors (Lipinski definition) is 2. The Morgan fingerprint density at radius 2 is 2.22 bits per heavy atom. The van der Waals surface area contributed by atoms with Gasteiger partial charge >= 0.3 is 0 Å². The number of carbonyl (C=O) groups is 1. The molecule has 3 N–H and O–H groups in total. The van der Waals surface area contributed by atoms with Crippen molar-refractivity contribution in [2.24, 2.45) is 0 Å². The van der Waals surface area contributed by atoms with Gasteiger partial charge in [-0.25, -0.2) is 0 Å². The molecule has 0 heterocycles. The number of nitrogens with two attached hydrogens (primary N) is 1. The van der Waals surface area contributed by atoms with Crippen molar-refractivity contribution in [3.05, 3.63) is 23.2 Å². The minimum Gasteiger partial charge on any atom is -0.398 e. The molecule has 1 rings (SSSR count). The first-order chi connectivity index (χ1) is 8.43. The van der Waals surface area contributed by atoms with E-state index in [1.54, 1.807) is 12.1 Å². The Balaban J connectivity index is 2.65. The van der Waals surface area contributed by atoms with Gasteiger partial charge in [-0.2, -0.15) is 0 Å². The van der Waals surface area contributed by atoms with Crippen LogP contribution in [-0.2, 0) is 15.6 Å². The fourth-order valence-corrected chi connectivity index (χ4v) is 2.47. The van der Waals surface area contributed by atoms with Crippen LogP contribution in [0.2, 0.25) is 5.02 Å². The van der Waals surface area contributed by atoms with Gasteiger partial charge in [0, 0.05) is 10.9 Å². The molecule has 4 nitrogen and oxygen atoms in total. The monoisotopic (exact) mass is 288 g/mol. The van der Waals surface area contributed by atoms with E-state index in [0.29, 0.717) is 15.6 Å². The van der Waals surface area contributed by atoms with E-state index < -0.39 is 10.8 Å². The van der Waals surface area contributed by atoms with Crippen molar-refractivity contribution in [2.45, 2.75) is 31.2 Å². The van der Waals surface area contributed by atoms with E-state index in [4.69, 9.17) is 17.3 Å². The molecule has 1 aromatic rings. The molecule has 1 aromatic carbocycles. The molecule has 0 aliphatic rings. The summed E-state index contributed by atoms with van der Waals surface area (Å²) < 4.78 is 11.9. The van der Waals surface area contributed by atoms with Crippen molar-refractivity contribution >= 4 is 34.0 Å². The predicted octanol–water partition coefficient (Wildman–Crippen LogP) is 1.94. The van der Waals surface area contributed by atoms with E-state index >= 15 is 0 Å². The van der Waals surface area contributed by atoms with Crippen molar-refractivity contribution in [3.63, 3.8) is 0 Å². The molecular weight excluding hydrogens is 272 g/mol. The number of carbonyl (C=O) groups excluding carboxylic acids is 1. The normalized spacial score (nSPS) is 13.9. The number of amides is 1. The summed E-state index contributed by atoms with van der Waals surface area (Å²) in [7, 11) is -1.40. The lowest BCUT2D eigenvalue weighted by atomic mass is 10.3. The van der Waals surface area contributed by atoms with Gasteiger partial charge in [0.1, 0.15) is 5.75 Å². The molecule has 2 unspecified atom stereocenters. The van der Waals surface area contributed by atoms with Crippen LogP contribution >= 0.6 is 11.6 Å². The van der Waals surface area contributed by atoms with Crippen LogP contribution in [0.25, 0.3) is 0 Å². The zero-order valence-corrected chi connectivity index (χ0v) is 12.0. The molecule has 0 aliphatic carbocycles. The number of halogens is 1. The molecule has 0 fully saturated rings. The van der Waals surface area contributed by atoms with E-state index in [9.17, 15) is 9.00 Å². The zero-order valence-electron chi connectivity index (χ0n) is 10.4. The first-order valence-corrected chi connectivity index (χ1v) is 7.36. The summed E-state index contributed by atoms with van der Waals surface area (Å²) in [6.45, 7) is 3.88. The van der Waals surface area contributed by atoms with E-state index in [-0.39, 0.29) is 17.7 Å². The van der Waals surface area contributed by atoms with E-state index in [2.05, 4.69) is 5.32 Å². The van der Waals surface area contributed by atoms with Gasteiger partial charge in [-0.15, -0.1) is 0 Å². The van der Waals surface area contributed by atoms with Crippen molar-refractivity contribution in [3.8, 4) is 0 Å². The van der Waals surface area contributed by atoms with Gasteiger partial charge in [0.25, 0.3) is 0 Å². The largest absolute Gasteiger partial charge is 0.398 e. The maximum absolute atomic E-state index is 11.9. The van der Waals surface area contributed by atoms with Gasteiger partial charge in [-0.3, -0.25) is 9.00 Å². The van der Waals surface area contributed by atoms with E-state index in [1.807, 2.05) is 13.8 Å². The highest BCUT2D eigenvalue weighted by Crippen LogP contribution is 2.21. The fraction of sp³-hybridized carbons (Fsp3) is 0.417. The number of nitrogen functional groups attached to an aromatic ring is 1. The van der Waals surface area contributed by atoms with E-state index in [0.717, 1.165) is 6.42 Å². The standard InChI is InChI=1S/C12H17ClN2O2S/c1-3-8(2)15-12(16)7-18(17)9-4-5-11(14)10(13)6-9/h4-6,8H,3,7,14H2,1-2H3,(H,15,16). The summed E-state index contributed by atoms with van der Waals surface area (Å²) in [4.78, 5) is 12.1. The molecule has 0 radical (unpaired) electrons. The number of benzene rings is 1. The van der Waals surface area contributed by atoms with Gasteiger partial charge in [0.05, 0.1) is 21.5 Å². The molecule has 0 saturated heterocycles. The van der Waals surface area contributed by atoms with Crippen LogP contribution in [0.1, 0.15) is 20.3 Å². The molecule has 100 valence electrons. The van der Waals surface area contributed by atoms with Crippen molar-refractivity contribution in [2.75, 3.05) is 11.5 Å². The third-order valence-electron chi connectivity index (χ3n) is 2.52. The van der Waals surface area contributed by atoms with Gasteiger partial charge in [0.2, 0.25) is 5.91 Å². The Bertz CT molecular complexity index is 465. The molecule has 0 saturated carbocycles. The smallest absolute Gasteiger partial charge is 0.233 e. The summed E-state index contributed by atoms with van der Waals surface area (Å²) in [5.41, 5.74) is 6.00. The molecule has 1 amide bonds. The number of nitrogens with one attached hydrogen (secondary N) is 1. The van der Waals surface area contributed by atoms with Crippen molar-refractivity contribution in [1.82, 2.24) is 5.32 Å². The highest BCUT2D eigenvalue weighted by Gasteiger charge is 2.12. The first kappa shape index (κ1) is 15.0. The van der Waals surface area contributed by atoms with Crippen LogP contribution in [0.15, 0.2) is 23.1 Å². The Morgan fingerprint density at radius 1 is 1.56 bits per heavy atom. The average Bonchev–Trinajstić information content (AvgIpc) is 2.32. The number of rotatable bonds is 5. The van der Waals surface area contributed by atoms with Crippen LogP contribution in [0, 0.1) is 0 Å². The second kappa shape index (κ2) is 6.75. The lowest BCUT2D eigenvalue weighted by Gasteiger charge is -2.11. The molecule has 0 bridgehead atoms. The Labute approximate surface area is 114 Å². The van der Waals surface area contributed by atoms with Crippen LogP contribution in [0.5, 0.6) is 0 Å². The third kappa shape index (κ3) is 4.31. The Morgan fingerprint density at radius 3 is 2.78 bits per heavy atom. The minimum atomic E-state index is -1.40. The molecule has 2 atom stereocenters. The average molecular weight is 289 g/mol. The van der Waals surface area contributed by atoms with Crippen LogP contribution < -0.4 is 11.1 Å². The molecule has 0 spiro atoms. The maximum Gasteiger partial charge on any atom is 0.233 e. The fourth-order valence-electron chi connectivity index (χ4n) is 1.27. The van der Waals surface area contributed by atoms with Gasteiger partial charge in [-0.1, -0.05) is 18.5 Å². The molecule has 6 heteroatoms. The Hall–Kier alpha value is -1.07. The van der Waals surface area contributed by atoms with Crippen LogP contribution in [-0.4, -0.2) is 21.9 Å².